The van der Waals surface area contributed by atoms with Gasteiger partial charge >= 0.3 is 0 Å². The zero-order valence-corrected chi connectivity index (χ0v) is 22.1. The summed E-state index contributed by atoms with van der Waals surface area (Å²) in [6.07, 6.45) is 2.42. The first-order valence-corrected chi connectivity index (χ1v) is 13.5. The topological polar surface area (TPSA) is 126 Å². The maximum absolute atomic E-state index is 12.4. The summed E-state index contributed by atoms with van der Waals surface area (Å²) in [4.78, 5) is 24.6. The third-order valence-electron chi connectivity index (χ3n) is 5.36. The average molecular weight is 539 g/mol. The lowest BCUT2D eigenvalue weighted by Gasteiger charge is -2.21. The van der Waals surface area contributed by atoms with Gasteiger partial charge < -0.3 is 14.8 Å². The van der Waals surface area contributed by atoms with E-state index in [1.165, 1.54) is 19.4 Å². The number of rotatable bonds is 12. The van der Waals surface area contributed by atoms with E-state index in [2.05, 4.69) is 15.8 Å². The Morgan fingerprint density at radius 2 is 1.68 bits per heavy atom. The standard InChI is InChI=1S/C27H30N4O6S/c1-20(22-8-5-4-6-9-22)29-27(33)19-37-24-14-12-21(13-15-24)17-28-30-26(32)18-31(38(3,34)35)23-10-7-11-25(16-23)36-2/h4-17,20H,18-19H2,1-3H3,(H,29,33)(H,30,32)/b28-17-/t20-/m1/s1. The van der Waals surface area contributed by atoms with Crippen LogP contribution in [0.1, 0.15) is 24.1 Å². The van der Waals surface area contributed by atoms with Crippen molar-refractivity contribution in [3.63, 3.8) is 0 Å². The highest BCUT2D eigenvalue weighted by Crippen LogP contribution is 2.22. The summed E-state index contributed by atoms with van der Waals surface area (Å²) >= 11 is 0. The van der Waals surface area contributed by atoms with Gasteiger partial charge in [-0.15, -0.1) is 0 Å². The summed E-state index contributed by atoms with van der Waals surface area (Å²) in [6.45, 7) is 1.31. The number of benzene rings is 3. The molecule has 200 valence electrons. The fourth-order valence-corrected chi connectivity index (χ4v) is 4.27. The first kappa shape index (κ1) is 28.2. The van der Waals surface area contributed by atoms with E-state index in [4.69, 9.17) is 9.47 Å². The summed E-state index contributed by atoms with van der Waals surface area (Å²) in [7, 11) is -2.26. The molecular formula is C27H30N4O6S. The van der Waals surface area contributed by atoms with Crippen LogP contribution in [0.2, 0.25) is 0 Å². The van der Waals surface area contributed by atoms with E-state index in [1.807, 2.05) is 37.3 Å². The second kappa shape index (κ2) is 13.2. The number of hydrazone groups is 1. The van der Waals surface area contributed by atoms with Crippen LogP contribution in [-0.2, 0) is 19.6 Å². The second-order valence-electron chi connectivity index (χ2n) is 8.32. The Kier molecular flexibility index (Phi) is 9.83. The molecule has 0 heterocycles. The van der Waals surface area contributed by atoms with Gasteiger partial charge in [0.1, 0.15) is 18.0 Å². The van der Waals surface area contributed by atoms with Crippen LogP contribution in [0.4, 0.5) is 5.69 Å². The molecule has 0 bridgehead atoms. The first-order chi connectivity index (χ1) is 18.2. The molecule has 0 radical (unpaired) electrons. The van der Waals surface area contributed by atoms with Gasteiger partial charge in [0, 0.05) is 6.07 Å². The van der Waals surface area contributed by atoms with Crippen LogP contribution in [0.5, 0.6) is 11.5 Å². The number of amides is 2. The fraction of sp³-hybridized carbons (Fsp3) is 0.222. The van der Waals surface area contributed by atoms with Crippen molar-refractivity contribution in [2.24, 2.45) is 5.10 Å². The minimum absolute atomic E-state index is 0.134. The lowest BCUT2D eigenvalue weighted by molar-refractivity contribution is -0.123. The molecule has 38 heavy (non-hydrogen) atoms. The number of carbonyl (C=O) groups is 2. The van der Waals surface area contributed by atoms with Crippen LogP contribution >= 0.6 is 0 Å². The summed E-state index contributed by atoms with van der Waals surface area (Å²) in [5, 5.41) is 6.78. The minimum atomic E-state index is -3.73. The van der Waals surface area contributed by atoms with E-state index in [0.717, 1.165) is 16.1 Å². The van der Waals surface area contributed by atoms with E-state index in [1.54, 1.807) is 42.5 Å². The molecule has 0 aliphatic rings. The number of sulfonamides is 1. The number of hydrogen-bond acceptors (Lipinski definition) is 7. The molecule has 3 aromatic rings. The third-order valence-corrected chi connectivity index (χ3v) is 6.50. The highest BCUT2D eigenvalue weighted by Gasteiger charge is 2.21. The third kappa shape index (κ3) is 8.63. The number of nitrogens with zero attached hydrogens (tertiary/aromatic N) is 2. The quantitative estimate of drug-likeness (QED) is 0.270. The van der Waals surface area contributed by atoms with Gasteiger partial charge in [0.05, 0.1) is 31.3 Å². The van der Waals surface area contributed by atoms with Gasteiger partial charge in [-0.2, -0.15) is 5.10 Å². The zero-order valence-electron chi connectivity index (χ0n) is 21.3. The number of ether oxygens (including phenoxy) is 2. The maximum Gasteiger partial charge on any atom is 0.260 e. The molecule has 11 heteroatoms. The van der Waals surface area contributed by atoms with Crippen molar-refractivity contribution in [1.29, 1.82) is 0 Å². The zero-order chi connectivity index (χ0) is 27.5. The van der Waals surface area contributed by atoms with E-state index in [-0.39, 0.29) is 18.6 Å². The Morgan fingerprint density at radius 1 is 0.974 bits per heavy atom. The molecule has 10 nitrogen and oxygen atoms in total. The van der Waals surface area contributed by atoms with Crippen molar-refractivity contribution in [3.05, 3.63) is 90.0 Å². The van der Waals surface area contributed by atoms with Crippen LogP contribution in [0, 0.1) is 0 Å². The van der Waals surface area contributed by atoms with Crippen LogP contribution in [-0.4, -0.2) is 53.0 Å². The molecule has 0 aliphatic carbocycles. The Labute approximate surface area is 222 Å². The van der Waals surface area contributed by atoms with Crippen molar-refractivity contribution in [2.75, 3.05) is 30.8 Å². The number of anilines is 1. The van der Waals surface area contributed by atoms with Gasteiger partial charge in [0.2, 0.25) is 10.0 Å². The molecule has 0 spiro atoms. The number of hydrogen-bond donors (Lipinski definition) is 2. The van der Waals surface area contributed by atoms with Crippen LogP contribution in [0.25, 0.3) is 0 Å². The van der Waals surface area contributed by atoms with Gasteiger partial charge in [-0.25, -0.2) is 13.8 Å². The monoisotopic (exact) mass is 538 g/mol. The molecule has 0 fully saturated rings. The molecular weight excluding hydrogens is 508 g/mol. The van der Waals surface area contributed by atoms with E-state index >= 15 is 0 Å². The number of carbonyl (C=O) groups excluding carboxylic acids is 2. The van der Waals surface area contributed by atoms with Crippen molar-refractivity contribution in [2.45, 2.75) is 13.0 Å². The van der Waals surface area contributed by atoms with Crippen LogP contribution in [0.15, 0.2) is 84.0 Å². The number of methoxy groups -OCH3 is 1. The van der Waals surface area contributed by atoms with Crippen LogP contribution < -0.4 is 24.5 Å². The van der Waals surface area contributed by atoms with Gasteiger partial charge in [-0.05, 0) is 54.4 Å². The molecule has 2 N–H and O–H groups in total. The molecule has 1 atom stereocenters. The van der Waals surface area contributed by atoms with Crippen molar-refractivity contribution in [3.8, 4) is 11.5 Å². The Hall–Kier alpha value is -4.38. The second-order valence-corrected chi connectivity index (χ2v) is 10.2. The van der Waals surface area contributed by atoms with Gasteiger partial charge in [-0.1, -0.05) is 36.4 Å². The lowest BCUT2D eigenvalue weighted by Crippen LogP contribution is -2.39. The molecule has 0 unspecified atom stereocenters. The predicted molar refractivity (Wildman–Crippen MR) is 146 cm³/mol. The average Bonchev–Trinajstić information content (AvgIpc) is 2.91. The molecule has 0 aromatic heterocycles. The Balaban J connectivity index is 1.49. The summed E-state index contributed by atoms with van der Waals surface area (Å²) in [5.41, 5.74) is 4.28. The molecule has 0 aliphatic heterocycles. The van der Waals surface area contributed by atoms with Crippen molar-refractivity contribution < 1.29 is 27.5 Å². The normalized spacial score (nSPS) is 12.0. The van der Waals surface area contributed by atoms with Crippen LogP contribution in [0.3, 0.4) is 0 Å². The molecule has 2 amide bonds. The number of nitrogens with one attached hydrogen (secondary N) is 2. The lowest BCUT2D eigenvalue weighted by atomic mass is 10.1. The van der Waals surface area contributed by atoms with Gasteiger partial charge in [0.25, 0.3) is 11.8 Å². The summed E-state index contributed by atoms with van der Waals surface area (Å²) in [5.74, 6) is 0.0946. The SMILES string of the molecule is COc1cccc(N(CC(=O)N/N=C\c2ccc(OCC(=O)N[C@H](C)c3ccccc3)cc2)S(C)(=O)=O)c1. The van der Waals surface area contributed by atoms with E-state index in [9.17, 15) is 18.0 Å². The van der Waals surface area contributed by atoms with Gasteiger partial charge in [0.15, 0.2) is 6.61 Å². The van der Waals surface area contributed by atoms with Crippen molar-refractivity contribution in [1.82, 2.24) is 10.7 Å². The Bertz CT molecular complexity index is 1360. The Morgan fingerprint density at radius 3 is 2.34 bits per heavy atom. The fourth-order valence-electron chi connectivity index (χ4n) is 3.42. The molecule has 0 saturated carbocycles. The largest absolute Gasteiger partial charge is 0.497 e. The molecule has 0 saturated heterocycles. The maximum atomic E-state index is 12.4. The molecule has 3 aromatic carbocycles. The smallest absolute Gasteiger partial charge is 0.260 e. The highest BCUT2D eigenvalue weighted by atomic mass is 32.2. The van der Waals surface area contributed by atoms with Gasteiger partial charge in [-0.3, -0.25) is 13.9 Å². The first-order valence-electron chi connectivity index (χ1n) is 11.7. The summed E-state index contributed by atoms with van der Waals surface area (Å²) < 4.78 is 36.1. The predicted octanol–water partition coefficient (Wildman–Crippen LogP) is 2.87. The van der Waals surface area contributed by atoms with E-state index < -0.39 is 22.5 Å². The molecule has 3 rings (SSSR count). The van der Waals surface area contributed by atoms with E-state index in [0.29, 0.717) is 22.7 Å². The summed E-state index contributed by atoms with van der Waals surface area (Å²) in [6, 6.07) is 22.6. The van der Waals surface area contributed by atoms with Crippen molar-refractivity contribution >= 4 is 33.7 Å². The minimum Gasteiger partial charge on any atom is -0.497 e. The highest BCUT2D eigenvalue weighted by molar-refractivity contribution is 7.92.